The van der Waals surface area contributed by atoms with Crippen molar-refractivity contribution in [1.82, 2.24) is 20.4 Å². The average molecular weight is 463 g/mol. The van der Waals surface area contributed by atoms with Gasteiger partial charge >= 0.3 is 12.1 Å². The monoisotopic (exact) mass is 462 g/mol. The number of aromatic nitrogens is 2. The van der Waals surface area contributed by atoms with Gasteiger partial charge in [0.05, 0.1) is 29.9 Å². The number of aliphatic carboxylic acids is 1. The Bertz CT molecular complexity index is 1190. The van der Waals surface area contributed by atoms with Gasteiger partial charge in [-0.25, -0.2) is 4.79 Å². The maximum atomic E-state index is 12.5. The molecule has 1 aliphatic rings. The first-order valence-electron chi connectivity index (χ1n) is 11.0. The summed E-state index contributed by atoms with van der Waals surface area (Å²) < 4.78 is 7.02. The molecule has 34 heavy (non-hydrogen) atoms. The molecule has 1 unspecified atom stereocenters. The van der Waals surface area contributed by atoms with Crippen LogP contribution in [0.1, 0.15) is 40.0 Å². The Balaban J connectivity index is 1.36. The molecule has 176 valence electrons. The van der Waals surface area contributed by atoms with E-state index in [0.717, 1.165) is 22.3 Å². The number of hydrogen-bond acceptors (Lipinski definition) is 5. The molecule has 1 aromatic heterocycles. The molecule has 2 amide bonds. The first kappa shape index (κ1) is 23.0. The minimum Gasteiger partial charge on any atom is -0.481 e. The van der Waals surface area contributed by atoms with Gasteiger partial charge in [0.2, 0.25) is 0 Å². The van der Waals surface area contributed by atoms with E-state index in [1.807, 2.05) is 36.4 Å². The van der Waals surface area contributed by atoms with Crippen molar-refractivity contribution in [1.29, 1.82) is 0 Å². The molecule has 0 spiro atoms. The second kappa shape index (κ2) is 9.78. The van der Waals surface area contributed by atoms with Crippen LogP contribution in [0.2, 0.25) is 0 Å². The molecule has 0 fully saturated rings. The number of rotatable bonds is 8. The van der Waals surface area contributed by atoms with Crippen LogP contribution in [0.15, 0.2) is 54.7 Å². The molecule has 9 nitrogen and oxygen atoms in total. The third-order valence-electron chi connectivity index (χ3n) is 6.04. The van der Waals surface area contributed by atoms with Crippen LogP contribution in [0.25, 0.3) is 11.1 Å². The Kier molecular flexibility index (Phi) is 6.62. The third kappa shape index (κ3) is 4.63. The van der Waals surface area contributed by atoms with Crippen molar-refractivity contribution in [3.05, 3.63) is 77.1 Å². The van der Waals surface area contributed by atoms with E-state index in [2.05, 4.69) is 27.9 Å². The van der Waals surface area contributed by atoms with Crippen molar-refractivity contribution in [2.45, 2.75) is 19.4 Å². The lowest BCUT2D eigenvalue weighted by Crippen LogP contribution is -2.33. The Morgan fingerprint density at radius 1 is 1.06 bits per heavy atom. The topological polar surface area (TPSA) is 123 Å². The van der Waals surface area contributed by atoms with Crippen LogP contribution in [0.4, 0.5) is 4.79 Å². The summed E-state index contributed by atoms with van der Waals surface area (Å²) in [7, 11) is 1.66. The van der Waals surface area contributed by atoms with E-state index in [9.17, 15) is 14.4 Å². The van der Waals surface area contributed by atoms with E-state index < -0.39 is 23.9 Å². The molecule has 0 radical (unpaired) electrons. The molecule has 1 aliphatic carbocycles. The number of ether oxygens (including phenoxy) is 1. The Morgan fingerprint density at radius 3 is 2.29 bits per heavy atom. The molecular weight excluding hydrogens is 436 g/mol. The van der Waals surface area contributed by atoms with Gasteiger partial charge in [-0.15, -0.1) is 0 Å². The lowest BCUT2D eigenvalue weighted by molar-refractivity contribution is -0.140. The lowest BCUT2D eigenvalue weighted by Gasteiger charge is -2.15. The van der Waals surface area contributed by atoms with Gasteiger partial charge in [-0.3, -0.25) is 14.3 Å². The third-order valence-corrected chi connectivity index (χ3v) is 6.04. The van der Waals surface area contributed by atoms with Gasteiger partial charge in [0.25, 0.3) is 5.91 Å². The van der Waals surface area contributed by atoms with Crippen molar-refractivity contribution in [3.63, 3.8) is 0 Å². The highest BCUT2D eigenvalue weighted by molar-refractivity contribution is 5.95. The predicted octanol–water partition coefficient (Wildman–Crippen LogP) is 2.91. The number of carbonyl (C=O) groups is 3. The SMILES string of the molecule is CC(CNC(=O)c1cnn(C)c1CNC(=O)OCC1c2ccccc2-c2ccccc21)C(=O)O. The Labute approximate surface area is 196 Å². The van der Waals surface area contributed by atoms with E-state index in [0.29, 0.717) is 5.69 Å². The predicted molar refractivity (Wildman–Crippen MR) is 124 cm³/mol. The summed E-state index contributed by atoms with van der Waals surface area (Å²) in [4.78, 5) is 35.9. The smallest absolute Gasteiger partial charge is 0.407 e. The highest BCUT2D eigenvalue weighted by Crippen LogP contribution is 2.44. The van der Waals surface area contributed by atoms with E-state index in [1.54, 1.807) is 7.05 Å². The number of nitrogens with one attached hydrogen (secondary N) is 2. The summed E-state index contributed by atoms with van der Waals surface area (Å²) in [5.41, 5.74) is 5.29. The second-order valence-corrected chi connectivity index (χ2v) is 8.26. The molecule has 1 heterocycles. The van der Waals surface area contributed by atoms with Crippen LogP contribution in [0.5, 0.6) is 0 Å². The summed E-state index contributed by atoms with van der Waals surface area (Å²) >= 11 is 0. The summed E-state index contributed by atoms with van der Waals surface area (Å²) in [5.74, 6) is -2.22. The molecule has 3 N–H and O–H groups in total. The van der Waals surface area contributed by atoms with E-state index in [1.165, 1.54) is 17.8 Å². The van der Waals surface area contributed by atoms with E-state index >= 15 is 0 Å². The molecule has 4 rings (SSSR count). The number of hydrogen-bond donors (Lipinski definition) is 3. The van der Waals surface area contributed by atoms with Crippen LogP contribution in [-0.4, -0.2) is 46.0 Å². The van der Waals surface area contributed by atoms with Crippen molar-refractivity contribution >= 4 is 18.0 Å². The van der Waals surface area contributed by atoms with Crippen LogP contribution >= 0.6 is 0 Å². The minimum atomic E-state index is -0.997. The fourth-order valence-corrected chi connectivity index (χ4v) is 4.10. The number of fused-ring (bicyclic) bond motifs is 3. The zero-order valence-corrected chi connectivity index (χ0v) is 18.9. The minimum absolute atomic E-state index is 0.0116. The maximum Gasteiger partial charge on any atom is 0.407 e. The number of benzene rings is 2. The summed E-state index contributed by atoms with van der Waals surface area (Å²) in [6.45, 7) is 1.71. The Morgan fingerprint density at radius 2 is 1.68 bits per heavy atom. The molecule has 0 bridgehead atoms. The lowest BCUT2D eigenvalue weighted by atomic mass is 9.98. The van der Waals surface area contributed by atoms with Gasteiger partial charge in [-0.05, 0) is 22.3 Å². The number of amides is 2. The molecule has 2 aromatic carbocycles. The second-order valence-electron chi connectivity index (χ2n) is 8.26. The first-order chi connectivity index (χ1) is 16.4. The quantitative estimate of drug-likeness (QED) is 0.473. The van der Waals surface area contributed by atoms with Gasteiger partial charge in [0, 0.05) is 19.5 Å². The Hall–Kier alpha value is -4.14. The zero-order chi connectivity index (χ0) is 24.2. The zero-order valence-electron chi connectivity index (χ0n) is 18.9. The number of carbonyl (C=O) groups excluding carboxylic acids is 2. The fourth-order valence-electron chi connectivity index (χ4n) is 4.10. The molecule has 3 aromatic rings. The molecule has 0 saturated heterocycles. The first-order valence-corrected chi connectivity index (χ1v) is 11.0. The van der Waals surface area contributed by atoms with Crippen molar-refractivity contribution < 1.29 is 24.2 Å². The highest BCUT2D eigenvalue weighted by Gasteiger charge is 2.29. The summed E-state index contributed by atoms with van der Waals surface area (Å²) in [6, 6.07) is 16.2. The number of aryl methyl sites for hydroxylation is 1. The maximum absolute atomic E-state index is 12.5. The van der Waals surface area contributed by atoms with Crippen LogP contribution in [-0.2, 0) is 23.1 Å². The molecular formula is C25H26N4O5. The summed E-state index contributed by atoms with van der Waals surface area (Å²) in [6.07, 6.45) is 0.782. The van der Waals surface area contributed by atoms with E-state index in [4.69, 9.17) is 9.84 Å². The summed E-state index contributed by atoms with van der Waals surface area (Å²) in [5, 5.41) is 18.3. The average Bonchev–Trinajstić information content (AvgIpc) is 3.37. The van der Waals surface area contributed by atoms with Crippen molar-refractivity contribution in [2.75, 3.05) is 13.2 Å². The number of carboxylic acids is 1. The molecule has 1 atom stereocenters. The number of carboxylic acid groups (broad SMARTS) is 1. The van der Waals surface area contributed by atoms with E-state index in [-0.39, 0.29) is 31.2 Å². The number of alkyl carbamates (subject to hydrolysis) is 1. The number of nitrogens with zero attached hydrogens (tertiary/aromatic N) is 2. The van der Waals surface area contributed by atoms with Gasteiger partial charge < -0.3 is 20.5 Å². The molecule has 9 heteroatoms. The highest BCUT2D eigenvalue weighted by atomic mass is 16.5. The van der Waals surface area contributed by atoms with Gasteiger partial charge in [-0.1, -0.05) is 55.5 Å². The van der Waals surface area contributed by atoms with Gasteiger partial charge in [0.1, 0.15) is 6.61 Å². The van der Waals surface area contributed by atoms with Crippen LogP contribution in [0.3, 0.4) is 0 Å². The largest absolute Gasteiger partial charge is 0.481 e. The standard InChI is InChI=1S/C25H26N4O5/c1-15(24(31)32)11-26-23(30)20-12-28-29(2)22(20)13-27-25(33)34-14-21-18-9-5-3-7-16(18)17-8-4-6-10-19(17)21/h3-10,12,15,21H,11,13-14H2,1-2H3,(H,26,30)(H,27,33)(H,31,32). The van der Waals surface area contributed by atoms with Gasteiger partial charge in [-0.2, -0.15) is 5.10 Å². The van der Waals surface area contributed by atoms with Gasteiger partial charge in [0.15, 0.2) is 0 Å². The molecule has 0 aliphatic heterocycles. The fraction of sp³-hybridized carbons (Fsp3) is 0.280. The van der Waals surface area contributed by atoms with Crippen molar-refractivity contribution in [3.8, 4) is 11.1 Å². The van der Waals surface area contributed by atoms with Crippen molar-refractivity contribution in [2.24, 2.45) is 13.0 Å². The van der Waals surface area contributed by atoms with Crippen LogP contribution < -0.4 is 10.6 Å². The molecule has 0 saturated carbocycles. The normalized spacial score (nSPS) is 13.0. The van der Waals surface area contributed by atoms with Crippen LogP contribution in [0, 0.1) is 5.92 Å².